The van der Waals surface area contributed by atoms with Crippen LogP contribution in [0.15, 0.2) is 10.7 Å². The van der Waals surface area contributed by atoms with Gasteiger partial charge in [-0.1, -0.05) is 0 Å². The molecule has 2 heterocycles. The molecular weight excluding hydrogens is 242 g/mol. The van der Waals surface area contributed by atoms with E-state index in [2.05, 4.69) is 34.8 Å². The summed E-state index contributed by atoms with van der Waals surface area (Å²) in [6.45, 7) is 6.05. The van der Waals surface area contributed by atoms with Crippen LogP contribution in [0.4, 0.5) is 5.82 Å². The number of aryl methyl sites for hydroxylation is 2. The Labute approximate surface area is 91.1 Å². The number of rotatable bonds is 0. The van der Waals surface area contributed by atoms with Crippen molar-refractivity contribution in [1.29, 1.82) is 0 Å². The summed E-state index contributed by atoms with van der Waals surface area (Å²) in [6, 6.07) is 0. The number of imidazole rings is 1. The number of pyridine rings is 1. The fraction of sp³-hybridized carbons (Fsp3) is 0.300. The molecule has 0 saturated carbocycles. The first-order chi connectivity index (χ1) is 6.52. The zero-order valence-electron chi connectivity index (χ0n) is 8.43. The van der Waals surface area contributed by atoms with Crippen molar-refractivity contribution in [3.8, 4) is 0 Å². The summed E-state index contributed by atoms with van der Waals surface area (Å²) < 4.78 is 2.98. The van der Waals surface area contributed by atoms with E-state index < -0.39 is 0 Å². The third-order valence-electron chi connectivity index (χ3n) is 2.63. The lowest BCUT2D eigenvalue weighted by Crippen LogP contribution is -1.97. The Morgan fingerprint density at radius 2 is 1.93 bits per heavy atom. The van der Waals surface area contributed by atoms with Gasteiger partial charge in [0, 0.05) is 10.7 Å². The van der Waals surface area contributed by atoms with E-state index in [0.29, 0.717) is 5.82 Å². The van der Waals surface area contributed by atoms with E-state index >= 15 is 0 Å². The molecule has 2 aromatic rings. The number of hydrogen-bond acceptors (Lipinski definition) is 2. The highest BCUT2D eigenvalue weighted by Crippen LogP contribution is 2.25. The molecular formula is C10H12BrN3. The zero-order chi connectivity index (χ0) is 10.5. The highest BCUT2D eigenvalue weighted by atomic mass is 79.9. The van der Waals surface area contributed by atoms with Gasteiger partial charge in [0.15, 0.2) is 0 Å². The van der Waals surface area contributed by atoms with Crippen molar-refractivity contribution >= 4 is 27.4 Å². The van der Waals surface area contributed by atoms with Crippen LogP contribution in [0.5, 0.6) is 0 Å². The SMILES string of the molecule is Cc1nc2c(C)c(C)c(Br)cn2c1N. The monoisotopic (exact) mass is 253 g/mol. The second-order valence-electron chi connectivity index (χ2n) is 3.50. The topological polar surface area (TPSA) is 43.3 Å². The van der Waals surface area contributed by atoms with Gasteiger partial charge in [0.25, 0.3) is 0 Å². The lowest BCUT2D eigenvalue weighted by molar-refractivity contribution is 1.13. The fourth-order valence-electron chi connectivity index (χ4n) is 1.51. The van der Waals surface area contributed by atoms with Crippen LogP contribution in [0.25, 0.3) is 5.65 Å². The molecule has 0 spiro atoms. The van der Waals surface area contributed by atoms with Gasteiger partial charge in [-0.15, -0.1) is 0 Å². The van der Waals surface area contributed by atoms with Gasteiger partial charge in [0.05, 0.1) is 5.69 Å². The molecule has 74 valence electrons. The quantitative estimate of drug-likeness (QED) is 0.785. The smallest absolute Gasteiger partial charge is 0.141 e. The molecule has 14 heavy (non-hydrogen) atoms. The van der Waals surface area contributed by atoms with Gasteiger partial charge in [0.2, 0.25) is 0 Å². The van der Waals surface area contributed by atoms with Crippen LogP contribution in [0, 0.1) is 20.8 Å². The van der Waals surface area contributed by atoms with E-state index in [1.807, 2.05) is 17.5 Å². The number of anilines is 1. The summed E-state index contributed by atoms with van der Waals surface area (Å²) in [5.41, 5.74) is 10.1. The second-order valence-corrected chi connectivity index (χ2v) is 4.36. The summed E-state index contributed by atoms with van der Waals surface area (Å²) in [4.78, 5) is 4.43. The predicted molar refractivity (Wildman–Crippen MR) is 61.5 cm³/mol. The van der Waals surface area contributed by atoms with E-state index in [4.69, 9.17) is 5.73 Å². The molecule has 0 aliphatic heterocycles. The number of nitrogen functional groups attached to an aromatic ring is 1. The predicted octanol–water partition coefficient (Wildman–Crippen LogP) is 2.60. The molecule has 3 nitrogen and oxygen atoms in total. The first-order valence-corrected chi connectivity index (χ1v) is 5.21. The maximum absolute atomic E-state index is 5.91. The largest absolute Gasteiger partial charge is 0.383 e. The molecule has 0 saturated heterocycles. The third kappa shape index (κ3) is 1.14. The highest BCUT2D eigenvalue weighted by Gasteiger charge is 2.10. The highest BCUT2D eigenvalue weighted by molar-refractivity contribution is 9.10. The fourth-order valence-corrected chi connectivity index (χ4v) is 2.01. The van der Waals surface area contributed by atoms with E-state index in [9.17, 15) is 0 Å². The molecule has 4 heteroatoms. The Bertz CT molecular complexity index is 514. The number of halogens is 1. The molecule has 0 fully saturated rings. The van der Waals surface area contributed by atoms with Crippen LogP contribution in [-0.4, -0.2) is 9.38 Å². The molecule has 0 amide bonds. The van der Waals surface area contributed by atoms with Gasteiger partial charge in [-0.2, -0.15) is 0 Å². The molecule has 0 aliphatic carbocycles. The molecule has 0 radical (unpaired) electrons. The number of nitrogens with two attached hydrogens (primary N) is 1. The van der Waals surface area contributed by atoms with Gasteiger partial charge >= 0.3 is 0 Å². The number of aromatic nitrogens is 2. The lowest BCUT2D eigenvalue weighted by Gasteiger charge is -2.05. The number of nitrogens with zero attached hydrogens (tertiary/aromatic N) is 2. The average Bonchev–Trinajstić information content (AvgIpc) is 2.42. The van der Waals surface area contributed by atoms with Crippen LogP contribution in [0.3, 0.4) is 0 Å². The van der Waals surface area contributed by atoms with Gasteiger partial charge < -0.3 is 5.73 Å². The molecule has 0 bridgehead atoms. The minimum absolute atomic E-state index is 0.712. The molecule has 0 atom stereocenters. The first-order valence-electron chi connectivity index (χ1n) is 4.42. The Balaban J connectivity index is 2.98. The van der Waals surface area contributed by atoms with Crippen molar-refractivity contribution in [3.05, 3.63) is 27.5 Å². The summed E-state index contributed by atoms with van der Waals surface area (Å²) >= 11 is 3.51. The minimum atomic E-state index is 0.712. The second kappa shape index (κ2) is 2.98. The van der Waals surface area contributed by atoms with E-state index in [1.54, 1.807) is 0 Å². The van der Waals surface area contributed by atoms with Crippen molar-refractivity contribution in [3.63, 3.8) is 0 Å². The van der Waals surface area contributed by atoms with Crippen LogP contribution < -0.4 is 5.73 Å². The van der Waals surface area contributed by atoms with Gasteiger partial charge in [-0.3, -0.25) is 4.40 Å². The van der Waals surface area contributed by atoms with Crippen molar-refractivity contribution in [2.75, 3.05) is 5.73 Å². The van der Waals surface area contributed by atoms with Crippen LogP contribution >= 0.6 is 15.9 Å². The van der Waals surface area contributed by atoms with Crippen molar-refractivity contribution < 1.29 is 0 Å². The summed E-state index contributed by atoms with van der Waals surface area (Å²) in [7, 11) is 0. The lowest BCUT2D eigenvalue weighted by atomic mass is 10.2. The third-order valence-corrected chi connectivity index (χ3v) is 3.43. The van der Waals surface area contributed by atoms with E-state index in [0.717, 1.165) is 15.8 Å². The maximum Gasteiger partial charge on any atom is 0.141 e. The molecule has 0 aliphatic rings. The Kier molecular flexibility index (Phi) is 2.03. The number of fused-ring (bicyclic) bond motifs is 1. The van der Waals surface area contributed by atoms with Gasteiger partial charge in [-0.25, -0.2) is 4.98 Å². The Morgan fingerprint density at radius 3 is 2.57 bits per heavy atom. The summed E-state index contributed by atoms with van der Waals surface area (Å²) in [6.07, 6.45) is 1.97. The molecule has 0 aromatic carbocycles. The average molecular weight is 254 g/mol. The summed E-state index contributed by atoms with van der Waals surface area (Å²) in [5, 5.41) is 0. The standard InChI is InChI=1S/C10H12BrN3/c1-5-6(2)10-13-7(3)9(12)14(10)4-8(5)11/h4H,12H2,1-3H3. The number of hydrogen-bond donors (Lipinski definition) is 1. The van der Waals surface area contributed by atoms with Crippen LogP contribution in [0.1, 0.15) is 16.8 Å². The van der Waals surface area contributed by atoms with Crippen LogP contribution in [0.2, 0.25) is 0 Å². The van der Waals surface area contributed by atoms with Crippen molar-refractivity contribution in [1.82, 2.24) is 9.38 Å². The molecule has 0 unspecified atom stereocenters. The Hall–Kier alpha value is -1.03. The van der Waals surface area contributed by atoms with Gasteiger partial charge in [-0.05, 0) is 47.8 Å². The minimum Gasteiger partial charge on any atom is -0.383 e. The molecule has 2 rings (SSSR count). The van der Waals surface area contributed by atoms with E-state index in [-0.39, 0.29) is 0 Å². The molecule has 2 N–H and O–H groups in total. The molecule has 2 aromatic heterocycles. The van der Waals surface area contributed by atoms with Crippen LogP contribution in [-0.2, 0) is 0 Å². The normalized spacial score (nSPS) is 11.1. The Morgan fingerprint density at radius 1 is 1.29 bits per heavy atom. The van der Waals surface area contributed by atoms with E-state index in [1.165, 1.54) is 11.1 Å². The van der Waals surface area contributed by atoms with Gasteiger partial charge in [0.1, 0.15) is 11.5 Å². The van der Waals surface area contributed by atoms with Crippen molar-refractivity contribution in [2.45, 2.75) is 20.8 Å². The zero-order valence-corrected chi connectivity index (χ0v) is 10.0. The maximum atomic E-state index is 5.91. The van der Waals surface area contributed by atoms with Crippen molar-refractivity contribution in [2.24, 2.45) is 0 Å². The summed E-state index contributed by atoms with van der Waals surface area (Å²) in [5.74, 6) is 0.712. The first kappa shape index (κ1) is 9.52.